The monoisotopic (exact) mass is 335 g/mol. The summed E-state index contributed by atoms with van der Waals surface area (Å²) >= 11 is 0. The van der Waals surface area contributed by atoms with Crippen LogP contribution in [0.1, 0.15) is 32.3 Å². The van der Waals surface area contributed by atoms with Crippen LogP contribution in [0.3, 0.4) is 0 Å². The van der Waals surface area contributed by atoms with Crippen molar-refractivity contribution in [2.75, 3.05) is 19.7 Å². The maximum atomic E-state index is 12.1. The number of amides is 1. The van der Waals surface area contributed by atoms with Crippen molar-refractivity contribution in [1.82, 2.24) is 4.90 Å². The average Bonchev–Trinajstić information content (AvgIpc) is 2.61. The molecule has 1 aliphatic rings. The van der Waals surface area contributed by atoms with E-state index >= 15 is 0 Å². The summed E-state index contributed by atoms with van der Waals surface area (Å²) in [6.07, 6.45) is 0.443. The summed E-state index contributed by atoms with van der Waals surface area (Å²) in [5.74, 6) is -0.345. The molecule has 1 fully saturated rings. The zero-order chi connectivity index (χ0) is 17.4. The van der Waals surface area contributed by atoms with Crippen LogP contribution in [0.25, 0.3) is 0 Å². The second-order valence-electron chi connectivity index (χ2n) is 5.76. The predicted octanol–water partition coefficient (Wildman–Crippen LogP) is 2.76. The highest BCUT2D eigenvalue weighted by molar-refractivity contribution is 5.74. The van der Waals surface area contributed by atoms with Gasteiger partial charge in [0, 0.05) is 13.1 Å². The molecule has 1 aromatic carbocycles. The molecule has 0 bridgehead atoms. The lowest BCUT2D eigenvalue weighted by Crippen LogP contribution is -2.42. The molecule has 6 heteroatoms. The van der Waals surface area contributed by atoms with Gasteiger partial charge in [-0.15, -0.1) is 0 Å². The van der Waals surface area contributed by atoms with Crippen molar-refractivity contribution in [2.24, 2.45) is 0 Å². The van der Waals surface area contributed by atoms with Crippen molar-refractivity contribution >= 4 is 12.1 Å². The van der Waals surface area contributed by atoms with Crippen molar-refractivity contribution in [3.63, 3.8) is 0 Å². The van der Waals surface area contributed by atoms with Crippen molar-refractivity contribution in [3.05, 3.63) is 35.9 Å². The van der Waals surface area contributed by atoms with E-state index in [1.807, 2.05) is 30.3 Å². The SMILES string of the molecule is CCOC(=O)C(C)OC1CCN(C(=O)OCc2ccccc2)CC1. The van der Waals surface area contributed by atoms with Gasteiger partial charge in [-0.2, -0.15) is 0 Å². The minimum absolute atomic E-state index is 0.0393. The largest absolute Gasteiger partial charge is 0.464 e. The van der Waals surface area contributed by atoms with Crippen LogP contribution in [0.2, 0.25) is 0 Å². The lowest BCUT2D eigenvalue weighted by molar-refractivity contribution is -0.160. The van der Waals surface area contributed by atoms with E-state index in [1.165, 1.54) is 0 Å². The summed E-state index contributed by atoms with van der Waals surface area (Å²) < 4.78 is 16.0. The topological polar surface area (TPSA) is 65.1 Å². The zero-order valence-electron chi connectivity index (χ0n) is 14.3. The second kappa shape index (κ2) is 9.27. The van der Waals surface area contributed by atoms with Crippen LogP contribution in [0.4, 0.5) is 4.79 Å². The fourth-order valence-corrected chi connectivity index (χ4v) is 2.59. The molecular weight excluding hydrogens is 310 g/mol. The summed E-state index contributed by atoms with van der Waals surface area (Å²) in [5.41, 5.74) is 0.965. The van der Waals surface area contributed by atoms with Crippen LogP contribution in [0.5, 0.6) is 0 Å². The number of likely N-dealkylation sites (tertiary alicyclic amines) is 1. The van der Waals surface area contributed by atoms with Gasteiger partial charge in [-0.1, -0.05) is 30.3 Å². The van der Waals surface area contributed by atoms with Crippen molar-refractivity contribution in [2.45, 2.75) is 45.5 Å². The van der Waals surface area contributed by atoms with Gasteiger partial charge in [0.05, 0.1) is 12.7 Å². The molecule has 132 valence electrons. The first-order valence-corrected chi connectivity index (χ1v) is 8.38. The Morgan fingerprint density at radius 3 is 2.46 bits per heavy atom. The van der Waals surface area contributed by atoms with E-state index in [1.54, 1.807) is 18.7 Å². The van der Waals surface area contributed by atoms with Crippen LogP contribution in [0.15, 0.2) is 30.3 Å². The summed E-state index contributed by atoms with van der Waals surface area (Å²) in [7, 11) is 0. The molecule has 1 aliphatic heterocycles. The van der Waals surface area contributed by atoms with E-state index in [0.717, 1.165) is 5.56 Å². The van der Waals surface area contributed by atoms with E-state index in [-0.39, 0.29) is 24.8 Å². The Kier molecular flexibility index (Phi) is 7.06. The Hall–Kier alpha value is -2.08. The summed E-state index contributed by atoms with van der Waals surface area (Å²) in [4.78, 5) is 25.3. The van der Waals surface area contributed by atoms with Crippen LogP contribution in [0, 0.1) is 0 Å². The fraction of sp³-hybridized carbons (Fsp3) is 0.556. The molecule has 1 amide bonds. The Morgan fingerprint density at radius 1 is 1.17 bits per heavy atom. The number of piperidine rings is 1. The third-order valence-electron chi connectivity index (χ3n) is 3.92. The van der Waals surface area contributed by atoms with Crippen LogP contribution >= 0.6 is 0 Å². The highest BCUT2D eigenvalue weighted by atomic mass is 16.6. The van der Waals surface area contributed by atoms with E-state index in [2.05, 4.69) is 0 Å². The van der Waals surface area contributed by atoms with Gasteiger partial charge >= 0.3 is 12.1 Å². The molecule has 1 saturated heterocycles. The lowest BCUT2D eigenvalue weighted by atomic mass is 10.1. The maximum Gasteiger partial charge on any atom is 0.410 e. The summed E-state index contributed by atoms with van der Waals surface area (Å²) in [5, 5.41) is 0. The third kappa shape index (κ3) is 5.53. The highest BCUT2D eigenvalue weighted by Crippen LogP contribution is 2.17. The Balaban J connectivity index is 1.70. The van der Waals surface area contributed by atoms with E-state index in [4.69, 9.17) is 14.2 Å². The van der Waals surface area contributed by atoms with Gasteiger partial charge < -0.3 is 19.1 Å². The van der Waals surface area contributed by atoms with Crippen LogP contribution in [-0.4, -0.2) is 48.9 Å². The molecule has 0 saturated carbocycles. The number of ether oxygens (including phenoxy) is 3. The van der Waals surface area contributed by atoms with Gasteiger partial charge in [0.1, 0.15) is 6.61 Å². The second-order valence-corrected chi connectivity index (χ2v) is 5.76. The predicted molar refractivity (Wildman–Crippen MR) is 88.4 cm³/mol. The summed E-state index contributed by atoms with van der Waals surface area (Å²) in [6, 6.07) is 9.59. The molecule has 2 rings (SSSR count). The molecule has 1 aromatic rings. The number of hydrogen-bond donors (Lipinski definition) is 0. The molecule has 0 radical (unpaired) electrons. The van der Waals surface area contributed by atoms with Gasteiger partial charge in [-0.3, -0.25) is 0 Å². The van der Waals surface area contributed by atoms with Crippen molar-refractivity contribution in [1.29, 1.82) is 0 Å². The zero-order valence-corrected chi connectivity index (χ0v) is 14.3. The minimum atomic E-state index is -0.577. The molecule has 1 unspecified atom stereocenters. The average molecular weight is 335 g/mol. The number of nitrogens with zero attached hydrogens (tertiary/aromatic N) is 1. The normalized spacial score (nSPS) is 16.5. The third-order valence-corrected chi connectivity index (χ3v) is 3.92. The van der Waals surface area contributed by atoms with E-state index in [0.29, 0.717) is 32.5 Å². The highest BCUT2D eigenvalue weighted by Gasteiger charge is 2.27. The molecule has 0 aliphatic carbocycles. The molecule has 1 atom stereocenters. The summed E-state index contributed by atoms with van der Waals surface area (Å²) in [6.45, 7) is 5.21. The Labute approximate surface area is 142 Å². The standard InChI is InChI=1S/C18H25NO5/c1-3-22-17(20)14(2)24-16-9-11-19(12-10-16)18(21)23-13-15-7-5-4-6-8-15/h4-8,14,16H,3,9-13H2,1-2H3. The Bertz CT molecular complexity index is 525. The molecule has 0 aromatic heterocycles. The molecule has 24 heavy (non-hydrogen) atoms. The van der Waals surface area contributed by atoms with Gasteiger partial charge in [0.15, 0.2) is 6.10 Å². The number of hydrogen-bond acceptors (Lipinski definition) is 5. The van der Waals surface area contributed by atoms with Gasteiger partial charge in [-0.25, -0.2) is 9.59 Å². The number of esters is 1. The first kappa shape index (κ1) is 18.3. The van der Waals surface area contributed by atoms with Crippen LogP contribution in [-0.2, 0) is 25.6 Å². The van der Waals surface area contributed by atoms with E-state index < -0.39 is 6.10 Å². The van der Waals surface area contributed by atoms with Crippen molar-refractivity contribution < 1.29 is 23.8 Å². The van der Waals surface area contributed by atoms with Gasteiger partial charge in [-0.05, 0) is 32.3 Å². The van der Waals surface area contributed by atoms with Gasteiger partial charge in [0.25, 0.3) is 0 Å². The van der Waals surface area contributed by atoms with Crippen molar-refractivity contribution in [3.8, 4) is 0 Å². The van der Waals surface area contributed by atoms with Gasteiger partial charge in [0.2, 0.25) is 0 Å². The number of rotatable bonds is 6. The molecule has 1 heterocycles. The quantitative estimate of drug-likeness (QED) is 0.748. The smallest absolute Gasteiger partial charge is 0.410 e. The fourth-order valence-electron chi connectivity index (χ4n) is 2.59. The maximum absolute atomic E-state index is 12.1. The number of carbonyl (C=O) groups is 2. The van der Waals surface area contributed by atoms with Crippen LogP contribution < -0.4 is 0 Å². The molecular formula is C18H25NO5. The molecule has 0 N–H and O–H groups in total. The minimum Gasteiger partial charge on any atom is -0.464 e. The van der Waals surface area contributed by atoms with E-state index in [9.17, 15) is 9.59 Å². The molecule has 0 spiro atoms. The first-order valence-electron chi connectivity index (χ1n) is 8.38. The molecule has 6 nitrogen and oxygen atoms in total. The number of benzene rings is 1. The lowest BCUT2D eigenvalue weighted by Gasteiger charge is -2.32. The first-order chi connectivity index (χ1) is 11.6. The number of carbonyl (C=O) groups excluding carboxylic acids is 2. The Morgan fingerprint density at radius 2 is 1.83 bits per heavy atom.